The fourth-order valence-electron chi connectivity index (χ4n) is 10.0. The summed E-state index contributed by atoms with van der Waals surface area (Å²) in [4.78, 5) is 67.2. The summed E-state index contributed by atoms with van der Waals surface area (Å²) in [5.41, 5.74) is 1.96. The van der Waals surface area contributed by atoms with E-state index < -0.39 is 24.5 Å². The van der Waals surface area contributed by atoms with Gasteiger partial charge in [-0.1, -0.05) is 169 Å². The smallest absolute Gasteiger partial charge is 0.407 e. The average Bonchev–Trinajstić information content (AvgIpc) is 3.97. The summed E-state index contributed by atoms with van der Waals surface area (Å²) >= 11 is 0. The zero-order valence-electron chi connectivity index (χ0n) is 50.8. The van der Waals surface area contributed by atoms with Crippen LogP contribution in [-0.2, 0) is 72.2 Å². The maximum absolute atomic E-state index is 13.3. The molecule has 1 aliphatic heterocycles. The van der Waals surface area contributed by atoms with Crippen molar-refractivity contribution in [1.29, 1.82) is 0 Å². The van der Waals surface area contributed by atoms with Crippen LogP contribution in [0.15, 0.2) is 18.2 Å². The summed E-state index contributed by atoms with van der Waals surface area (Å²) in [6, 6.07) is 5.47. The molecule has 0 spiro atoms. The number of alkyl carbamates (subject to hydrolysis) is 1. The Bertz CT molecular complexity index is 1660. The second kappa shape index (κ2) is 50.0. The number of ether oxygens (including phenoxy) is 7. The zero-order valence-corrected chi connectivity index (χ0v) is 50.8. The van der Waals surface area contributed by atoms with Crippen LogP contribution < -0.4 is 5.32 Å². The molecule has 2 rings (SSSR count). The van der Waals surface area contributed by atoms with Crippen LogP contribution >= 0.6 is 0 Å². The van der Waals surface area contributed by atoms with Crippen molar-refractivity contribution in [3.63, 3.8) is 0 Å². The van der Waals surface area contributed by atoms with Gasteiger partial charge in [-0.25, -0.2) is 4.79 Å². The number of amides is 1. The minimum Gasteiger partial charge on any atom is -0.466 e. The number of carbonyl (C=O) groups is 5. The molecular formula is C65H114N2O12. The quantitative estimate of drug-likeness (QED) is 0.0284. The Morgan fingerprint density at radius 2 is 0.861 bits per heavy atom. The molecule has 1 unspecified atom stereocenters. The number of rotatable bonds is 53. The lowest BCUT2D eigenvalue weighted by molar-refractivity contribution is -0.160. The SMILES string of the molecule is CCCCCCCCOC(CCC(=O)OCc1cc(COC(=O)CCCCC(=O)OCCC(CCCCC)CCCCC)cc(COC(=O)CCC(CCCCCC)OC(=O)NCCN2CCCC2)c1)OCCCCCCCC. The molecule has 79 heavy (non-hydrogen) atoms. The monoisotopic (exact) mass is 1110 g/mol. The number of benzene rings is 1. The fraction of sp³-hybridized carbons (Fsp3) is 0.831. The van der Waals surface area contributed by atoms with E-state index in [4.69, 9.17) is 33.2 Å². The highest BCUT2D eigenvalue weighted by atomic mass is 16.7. The molecule has 1 amide bonds. The van der Waals surface area contributed by atoms with Crippen molar-refractivity contribution in [3.05, 3.63) is 34.9 Å². The van der Waals surface area contributed by atoms with E-state index in [-0.39, 0.29) is 63.4 Å². The average molecular weight is 1120 g/mol. The number of carbonyl (C=O) groups excluding carboxylic acids is 5. The Morgan fingerprint density at radius 1 is 0.443 bits per heavy atom. The number of likely N-dealkylation sites (tertiary alicyclic amines) is 1. The number of hydrogen-bond donors (Lipinski definition) is 1. The first-order valence-electron chi connectivity index (χ1n) is 32.2. The first-order valence-corrected chi connectivity index (χ1v) is 32.2. The first-order chi connectivity index (χ1) is 38.6. The molecule has 1 aromatic carbocycles. The van der Waals surface area contributed by atoms with Gasteiger partial charge in [0.2, 0.25) is 0 Å². The van der Waals surface area contributed by atoms with Crippen LogP contribution in [0.1, 0.15) is 282 Å². The third-order valence-electron chi connectivity index (χ3n) is 15.0. The van der Waals surface area contributed by atoms with Gasteiger partial charge in [-0.15, -0.1) is 0 Å². The molecule has 1 atom stereocenters. The van der Waals surface area contributed by atoms with Crippen LogP contribution in [0.2, 0.25) is 0 Å². The van der Waals surface area contributed by atoms with Gasteiger partial charge in [0, 0.05) is 52.0 Å². The highest BCUT2D eigenvalue weighted by molar-refractivity contribution is 5.71. The number of hydrogen-bond acceptors (Lipinski definition) is 13. The van der Waals surface area contributed by atoms with Crippen molar-refractivity contribution >= 4 is 30.0 Å². The van der Waals surface area contributed by atoms with Crippen molar-refractivity contribution in [2.45, 2.75) is 298 Å². The summed E-state index contributed by atoms with van der Waals surface area (Å²) in [5, 5.41) is 2.89. The lowest BCUT2D eigenvalue weighted by Gasteiger charge is -2.19. The number of nitrogens with zero attached hydrogens (tertiary/aromatic N) is 1. The fourth-order valence-corrected chi connectivity index (χ4v) is 10.0. The summed E-state index contributed by atoms with van der Waals surface area (Å²) < 4.78 is 41.1. The Kier molecular flexibility index (Phi) is 45.2. The topological polar surface area (TPSA) is 165 Å². The number of unbranched alkanes of at least 4 members (excludes halogenated alkanes) is 18. The van der Waals surface area contributed by atoms with E-state index in [0.717, 1.165) is 77.4 Å². The van der Waals surface area contributed by atoms with Gasteiger partial charge in [-0.05, 0) is 118 Å². The van der Waals surface area contributed by atoms with Crippen LogP contribution in [0.5, 0.6) is 0 Å². The minimum atomic E-state index is -0.486. The second-order valence-electron chi connectivity index (χ2n) is 22.3. The molecule has 0 radical (unpaired) electrons. The van der Waals surface area contributed by atoms with Crippen LogP contribution in [0.25, 0.3) is 0 Å². The van der Waals surface area contributed by atoms with E-state index in [0.29, 0.717) is 81.1 Å². The van der Waals surface area contributed by atoms with Crippen LogP contribution in [0.4, 0.5) is 4.79 Å². The molecular weight excluding hydrogens is 1000 g/mol. The van der Waals surface area contributed by atoms with Crippen molar-refractivity contribution in [2.75, 3.05) is 46.0 Å². The third-order valence-corrected chi connectivity index (χ3v) is 15.0. The molecule has 1 aliphatic rings. The number of nitrogens with one attached hydrogen (secondary N) is 1. The summed E-state index contributed by atoms with van der Waals surface area (Å²) in [6.45, 7) is 15.9. The van der Waals surface area contributed by atoms with E-state index >= 15 is 0 Å². The summed E-state index contributed by atoms with van der Waals surface area (Å²) in [6.07, 6.45) is 32.6. The maximum atomic E-state index is 13.3. The van der Waals surface area contributed by atoms with Crippen molar-refractivity contribution in [1.82, 2.24) is 10.2 Å². The van der Waals surface area contributed by atoms with E-state index in [1.165, 1.54) is 116 Å². The van der Waals surface area contributed by atoms with E-state index in [9.17, 15) is 24.0 Å². The standard InChI is InChI=1S/C65H114N2O12/c1-6-11-16-19-21-30-46-74-64(75-47-31-22-20-17-12-7-2)40-39-63(71)78-54-58-50-56(52-76-61(69)36-27-26-35-60(68)73-48-41-55(32-23-14-9-4)33-24-15-10-5)49-57(51-58)53-77-62(70)38-37-59(34-25-18-13-8-3)79-65(72)66-42-45-67-43-28-29-44-67/h49-51,55,59,64H,6-48,52-54H2,1-5H3,(H,66,72). The van der Waals surface area contributed by atoms with Gasteiger partial charge >= 0.3 is 30.0 Å². The lowest BCUT2D eigenvalue weighted by Crippen LogP contribution is -2.35. The largest absolute Gasteiger partial charge is 0.466 e. The highest BCUT2D eigenvalue weighted by Gasteiger charge is 2.20. The first kappa shape index (κ1) is 71.4. The van der Waals surface area contributed by atoms with E-state index in [2.05, 4.69) is 44.8 Å². The Labute approximate surface area is 480 Å². The molecule has 1 saturated heterocycles. The second-order valence-corrected chi connectivity index (χ2v) is 22.3. The van der Waals surface area contributed by atoms with E-state index in [1.54, 1.807) is 0 Å². The third kappa shape index (κ3) is 41.0. The molecule has 14 nitrogen and oxygen atoms in total. The zero-order chi connectivity index (χ0) is 57.2. The molecule has 0 saturated carbocycles. The van der Waals surface area contributed by atoms with Gasteiger partial charge in [-0.3, -0.25) is 19.2 Å². The molecule has 1 fully saturated rings. The molecule has 0 aromatic heterocycles. The van der Waals surface area contributed by atoms with Crippen LogP contribution in [-0.4, -0.2) is 93.3 Å². The Morgan fingerprint density at radius 3 is 1.37 bits per heavy atom. The maximum Gasteiger partial charge on any atom is 0.407 e. The van der Waals surface area contributed by atoms with Crippen molar-refractivity contribution in [3.8, 4) is 0 Å². The molecule has 1 aromatic rings. The van der Waals surface area contributed by atoms with Gasteiger partial charge in [0.25, 0.3) is 0 Å². The van der Waals surface area contributed by atoms with Crippen LogP contribution in [0.3, 0.4) is 0 Å². The van der Waals surface area contributed by atoms with Crippen molar-refractivity contribution < 1.29 is 57.1 Å². The van der Waals surface area contributed by atoms with Gasteiger partial charge in [-0.2, -0.15) is 0 Å². The van der Waals surface area contributed by atoms with E-state index in [1.807, 2.05) is 18.2 Å². The minimum absolute atomic E-state index is 0.0327. The molecule has 1 N–H and O–H groups in total. The predicted octanol–water partition coefficient (Wildman–Crippen LogP) is 15.9. The predicted molar refractivity (Wildman–Crippen MR) is 315 cm³/mol. The van der Waals surface area contributed by atoms with Crippen LogP contribution in [0, 0.1) is 5.92 Å². The van der Waals surface area contributed by atoms with Crippen molar-refractivity contribution in [2.24, 2.45) is 5.92 Å². The Hall–Kier alpha value is -3.75. The normalized spacial score (nSPS) is 13.0. The van der Waals surface area contributed by atoms with Gasteiger partial charge in [0.15, 0.2) is 6.29 Å². The molecule has 0 aliphatic carbocycles. The molecule has 0 bridgehead atoms. The summed E-state index contributed by atoms with van der Waals surface area (Å²) in [7, 11) is 0. The number of esters is 4. The molecule has 1 heterocycles. The summed E-state index contributed by atoms with van der Waals surface area (Å²) in [5.74, 6) is -0.833. The Balaban J connectivity index is 2.04. The molecule has 14 heteroatoms. The highest BCUT2D eigenvalue weighted by Crippen LogP contribution is 2.23. The van der Waals surface area contributed by atoms with Gasteiger partial charge < -0.3 is 43.4 Å². The molecule has 456 valence electrons. The van der Waals surface area contributed by atoms with Gasteiger partial charge in [0.1, 0.15) is 25.9 Å². The van der Waals surface area contributed by atoms with Gasteiger partial charge in [0.05, 0.1) is 13.0 Å². The lowest BCUT2D eigenvalue weighted by atomic mass is 9.92.